The predicted molar refractivity (Wildman–Crippen MR) is 141 cm³/mol. The Morgan fingerprint density at radius 3 is 2.74 bits per heavy atom. The van der Waals surface area contributed by atoms with E-state index in [1.165, 1.54) is 47.7 Å². The molecule has 0 radical (unpaired) electrons. The summed E-state index contributed by atoms with van der Waals surface area (Å²) in [5.74, 6) is 1.04. The minimum absolute atomic E-state index is 0.0370. The summed E-state index contributed by atoms with van der Waals surface area (Å²) < 4.78 is 2.06. The molecule has 7 heteroatoms. The van der Waals surface area contributed by atoms with Gasteiger partial charge < -0.3 is 5.32 Å². The van der Waals surface area contributed by atoms with Gasteiger partial charge in [0.1, 0.15) is 0 Å². The average Bonchev–Trinajstić information content (AvgIpc) is 3.62. The molecule has 5 rings (SSSR count). The Balaban J connectivity index is 1.33. The van der Waals surface area contributed by atoms with Crippen molar-refractivity contribution in [3.05, 3.63) is 76.7 Å². The molecule has 0 atom stereocenters. The van der Waals surface area contributed by atoms with E-state index in [4.69, 9.17) is 0 Å². The third-order valence-corrected chi connectivity index (χ3v) is 7.90. The fourth-order valence-electron chi connectivity index (χ4n) is 4.33. The van der Waals surface area contributed by atoms with Crippen molar-refractivity contribution in [2.24, 2.45) is 0 Å². The lowest BCUT2D eigenvalue weighted by atomic mass is 10.1. The molecule has 0 spiro atoms. The normalized spacial score (nSPS) is 12.6. The molecule has 0 bridgehead atoms. The number of fused-ring (bicyclic) bond motifs is 1. The number of benzene rings is 2. The Morgan fingerprint density at radius 1 is 1.09 bits per heavy atom. The molecule has 0 fully saturated rings. The average molecular weight is 489 g/mol. The molecule has 34 heavy (non-hydrogen) atoms. The first-order chi connectivity index (χ1) is 16.7. The number of thiophene rings is 1. The number of amides is 1. The van der Waals surface area contributed by atoms with E-state index in [1.807, 2.05) is 17.5 Å². The Morgan fingerprint density at radius 2 is 1.94 bits per heavy atom. The summed E-state index contributed by atoms with van der Waals surface area (Å²) in [5.41, 5.74) is 5.97. The van der Waals surface area contributed by atoms with E-state index >= 15 is 0 Å². The van der Waals surface area contributed by atoms with Gasteiger partial charge in [0.25, 0.3) is 0 Å². The van der Waals surface area contributed by atoms with E-state index in [1.54, 1.807) is 11.3 Å². The number of thioether (sulfide) groups is 1. The van der Waals surface area contributed by atoms with Gasteiger partial charge >= 0.3 is 0 Å². The van der Waals surface area contributed by atoms with Crippen molar-refractivity contribution in [1.82, 2.24) is 14.8 Å². The number of aryl methyl sites for hydroxylation is 3. The Labute approximate surface area is 208 Å². The lowest BCUT2D eigenvalue weighted by molar-refractivity contribution is -0.113. The third-order valence-electron chi connectivity index (χ3n) is 6.10. The predicted octanol–water partition coefficient (Wildman–Crippen LogP) is 6.56. The maximum atomic E-state index is 12.7. The maximum Gasteiger partial charge on any atom is 0.234 e. The van der Waals surface area contributed by atoms with Gasteiger partial charge in [-0.15, -0.1) is 21.5 Å². The molecule has 5 nitrogen and oxygen atoms in total. The van der Waals surface area contributed by atoms with Crippen LogP contribution >= 0.6 is 23.1 Å². The van der Waals surface area contributed by atoms with Gasteiger partial charge in [-0.3, -0.25) is 9.36 Å². The Hall–Kier alpha value is -2.90. The number of rotatable bonds is 9. The van der Waals surface area contributed by atoms with Crippen molar-refractivity contribution in [2.75, 3.05) is 11.1 Å². The van der Waals surface area contributed by atoms with E-state index in [-0.39, 0.29) is 11.7 Å². The van der Waals surface area contributed by atoms with Crippen LogP contribution in [0.1, 0.15) is 42.9 Å². The minimum atomic E-state index is -0.0370. The maximum absolute atomic E-state index is 12.7. The van der Waals surface area contributed by atoms with Gasteiger partial charge in [0, 0.05) is 11.4 Å². The van der Waals surface area contributed by atoms with Crippen LogP contribution < -0.4 is 5.32 Å². The van der Waals surface area contributed by atoms with Crippen LogP contribution in [0.25, 0.3) is 16.4 Å². The molecule has 174 valence electrons. The number of nitrogens with one attached hydrogen (secondary N) is 1. The highest BCUT2D eigenvalue weighted by atomic mass is 32.2. The molecule has 1 amide bonds. The smallest absolute Gasteiger partial charge is 0.234 e. The number of carbonyl (C=O) groups excluding carboxylic acids is 1. The molecule has 0 aliphatic heterocycles. The standard InChI is InChI=1S/C27H28N4OS2/c1-2-3-6-19-10-14-23(15-11-19)31-26(24-9-5-16-33-24)29-30-27(31)34-18-25(32)28-22-13-12-20-7-4-8-21(20)17-22/h5,9-17H,2-4,6-8,18H2,1H3,(H,28,32). The van der Waals surface area contributed by atoms with Gasteiger partial charge in [0.15, 0.2) is 11.0 Å². The number of aromatic nitrogens is 3. The second kappa shape index (κ2) is 10.6. The largest absolute Gasteiger partial charge is 0.325 e. The Bertz CT molecular complexity index is 1260. The third kappa shape index (κ3) is 5.10. The summed E-state index contributed by atoms with van der Waals surface area (Å²) in [4.78, 5) is 13.8. The van der Waals surface area contributed by atoms with E-state index in [2.05, 4.69) is 69.5 Å². The summed E-state index contributed by atoms with van der Waals surface area (Å²) in [5, 5.41) is 14.7. The molecule has 4 aromatic rings. The number of hydrogen-bond acceptors (Lipinski definition) is 5. The monoisotopic (exact) mass is 488 g/mol. The van der Waals surface area contributed by atoms with Gasteiger partial charge in [0.05, 0.1) is 10.6 Å². The van der Waals surface area contributed by atoms with E-state index in [0.717, 1.165) is 41.3 Å². The van der Waals surface area contributed by atoms with Crippen LogP contribution in [0.4, 0.5) is 5.69 Å². The first kappa shape index (κ1) is 22.9. The van der Waals surface area contributed by atoms with E-state index in [0.29, 0.717) is 5.16 Å². The summed E-state index contributed by atoms with van der Waals surface area (Å²) in [6.45, 7) is 2.21. The summed E-state index contributed by atoms with van der Waals surface area (Å²) >= 11 is 3.05. The van der Waals surface area contributed by atoms with Gasteiger partial charge in [-0.25, -0.2) is 0 Å². The van der Waals surface area contributed by atoms with Crippen molar-refractivity contribution in [3.8, 4) is 16.4 Å². The topological polar surface area (TPSA) is 59.8 Å². The highest BCUT2D eigenvalue weighted by Crippen LogP contribution is 2.31. The molecular weight excluding hydrogens is 460 g/mol. The zero-order valence-electron chi connectivity index (χ0n) is 19.3. The van der Waals surface area contributed by atoms with Crippen molar-refractivity contribution in [3.63, 3.8) is 0 Å². The second-order valence-corrected chi connectivity index (χ2v) is 10.5. The second-order valence-electron chi connectivity index (χ2n) is 8.56. The molecule has 2 aromatic heterocycles. The van der Waals surface area contributed by atoms with Crippen LogP contribution in [0.15, 0.2) is 65.1 Å². The van der Waals surface area contributed by atoms with Crippen molar-refractivity contribution >= 4 is 34.7 Å². The molecule has 0 saturated heterocycles. The lowest BCUT2D eigenvalue weighted by Crippen LogP contribution is -2.14. The fraction of sp³-hybridized carbons (Fsp3) is 0.296. The molecule has 0 saturated carbocycles. The minimum Gasteiger partial charge on any atom is -0.325 e. The Kier molecular flexibility index (Phi) is 7.11. The number of carbonyl (C=O) groups is 1. The fourth-order valence-corrected chi connectivity index (χ4v) is 5.78. The van der Waals surface area contributed by atoms with E-state index < -0.39 is 0 Å². The first-order valence-electron chi connectivity index (χ1n) is 11.8. The van der Waals surface area contributed by atoms with Crippen LogP contribution in [-0.4, -0.2) is 26.4 Å². The molecule has 1 N–H and O–H groups in total. The van der Waals surface area contributed by atoms with Crippen LogP contribution in [-0.2, 0) is 24.1 Å². The van der Waals surface area contributed by atoms with Crippen molar-refractivity contribution < 1.29 is 4.79 Å². The highest BCUT2D eigenvalue weighted by molar-refractivity contribution is 7.99. The zero-order valence-corrected chi connectivity index (χ0v) is 20.9. The molecule has 0 unspecified atom stereocenters. The summed E-state index contributed by atoms with van der Waals surface area (Å²) in [6.07, 6.45) is 6.89. The molecule has 2 heterocycles. The quantitative estimate of drug-likeness (QED) is 0.271. The molecule has 2 aromatic carbocycles. The lowest BCUT2D eigenvalue weighted by Gasteiger charge is -2.11. The number of unbranched alkanes of at least 4 members (excludes halogenated alkanes) is 1. The zero-order chi connectivity index (χ0) is 23.3. The number of anilines is 1. The highest BCUT2D eigenvalue weighted by Gasteiger charge is 2.18. The molecule has 1 aliphatic carbocycles. The summed E-state index contributed by atoms with van der Waals surface area (Å²) in [7, 11) is 0. The SMILES string of the molecule is CCCCc1ccc(-n2c(SCC(=O)Nc3ccc4c(c3)CCC4)nnc2-c2cccs2)cc1. The van der Waals surface area contributed by atoms with Crippen molar-refractivity contribution in [1.29, 1.82) is 0 Å². The first-order valence-corrected chi connectivity index (χ1v) is 13.7. The summed E-state index contributed by atoms with van der Waals surface area (Å²) in [6, 6.07) is 18.9. The van der Waals surface area contributed by atoms with Gasteiger partial charge in [-0.05, 0) is 84.5 Å². The van der Waals surface area contributed by atoms with Crippen LogP contribution in [0.5, 0.6) is 0 Å². The number of nitrogens with zero attached hydrogens (tertiary/aromatic N) is 3. The molecule has 1 aliphatic rings. The van der Waals surface area contributed by atoms with Gasteiger partial charge in [-0.2, -0.15) is 0 Å². The van der Waals surface area contributed by atoms with Gasteiger partial charge in [0.2, 0.25) is 5.91 Å². The van der Waals surface area contributed by atoms with Crippen LogP contribution in [0, 0.1) is 0 Å². The molecular formula is C27H28N4OS2. The van der Waals surface area contributed by atoms with Gasteiger partial charge in [-0.1, -0.05) is 49.4 Å². The number of hydrogen-bond donors (Lipinski definition) is 1. The van der Waals surface area contributed by atoms with Crippen LogP contribution in [0.2, 0.25) is 0 Å². The van der Waals surface area contributed by atoms with Crippen LogP contribution in [0.3, 0.4) is 0 Å². The van der Waals surface area contributed by atoms with E-state index in [9.17, 15) is 4.79 Å². The van der Waals surface area contributed by atoms with Crippen molar-refractivity contribution in [2.45, 2.75) is 50.6 Å².